The lowest BCUT2D eigenvalue weighted by Gasteiger charge is -2.34. The van der Waals surface area contributed by atoms with E-state index < -0.39 is 5.97 Å². The van der Waals surface area contributed by atoms with Gasteiger partial charge in [-0.05, 0) is 33.7 Å². The molecule has 0 aromatic rings. The fourth-order valence-electron chi connectivity index (χ4n) is 2.36. The summed E-state index contributed by atoms with van der Waals surface area (Å²) < 4.78 is 0. The number of hydrogen-bond donors (Lipinski definition) is 2. The van der Waals surface area contributed by atoms with E-state index in [1.807, 2.05) is 13.8 Å². The van der Waals surface area contributed by atoms with Gasteiger partial charge in [-0.15, -0.1) is 0 Å². The molecule has 17 heavy (non-hydrogen) atoms. The highest BCUT2D eigenvalue weighted by atomic mass is 16.4. The Hall–Kier alpha value is -1.10. The van der Waals surface area contributed by atoms with Gasteiger partial charge >= 0.3 is 5.97 Å². The number of carbonyl (C=O) groups is 2. The molecular formula is C12H22N2O3. The van der Waals surface area contributed by atoms with E-state index in [1.54, 1.807) is 11.8 Å². The second-order valence-electron chi connectivity index (χ2n) is 5.03. The molecule has 0 spiro atoms. The van der Waals surface area contributed by atoms with Crippen LogP contribution < -0.4 is 5.32 Å². The van der Waals surface area contributed by atoms with E-state index in [-0.39, 0.29) is 23.8 Å². The normalized spacial score (nSPS) is 25.6. The van der Waals surface area contributed by atoms with Crippen LogP contribution in [0.1, 0.15) is 33.6 Å². The summed E-state index contributed by atoms with van der Waals surface area (Å²) in [7, 11) is 0. The molecule has 0 aromatic carbocycles. The number of carboxylic acids is 1. The topological polar surface area (TPSA) is 69.6 Å². The summed E-state index contributed by atoms with van der Waals surface area (Å²) in [6.45, 7) is 7.73. The third-order valence-electron chi connectivity index (χ3n) is 3.49. The van der Waals surface area contributed by atoms with Crippen LogP contribution in [0.4, 0.5) is 0 Å². The van der Waals surface area contributed by atoms with Crippen LogP contribution in [0.2, 0.25) is 0 Å². The van der Waals surface area contributed by atoms with Crippen molar-refractivity contribution < 1.29 is 14.7 Å². The highest BCUT2D eigenvalue weighted by Gasteiger charge is 2.40. The Morgan fingerprint density at radius 2 is 2.18 bits per heavy atom. The van der Waals surface area contributed by atoms with E-state index >= 15 is 0 Å². The maximum Gasteiger partial charge on any atom is 0.305 e. The van der Waals surface area contributed by atoms with Gasteiger partial charge in [0.05, 0.1) is 11.8 Å². The Balaban J connectivity index is 2.72. The smallest absolute Gasteiger partial charge is 0.305 e. The Morgan fingerprint density at radius 1 is 1.53 bits per heavy atom. The van der Waals surface area contributed by atoms with E-state index in [0.717, 1.165) is 13.0 Å². The first-order valence-electron chi connectivity index (χ1n) is 6.14. The molecule has 0 aromatic heterocycles. The first-order valence-corrected chi connectivity index (χ1v) is 6.14. The summed E-state index contributed by atoms with van der Waals surface area (Å²) in [4.78, 5) is 24.8. The molecule has 1 rings (SSSR count). The van der Waals surface area contributed by atoms with Crippen LogP contribution in [0, 0.1) is 5.41 Å². The molecule has 0 radical (unpaired) electrons. The molecule has 98 valence electrons. The van der Waals surface area contributed by atoms with Gasteiger partial charge in [0.2, 0.25) is 5.91 Å². The van der Waals surface area contributed by atoms with Crippen molar-refractivity contribution in [1.82, 2.24) is 10.2 Å². The molecule has 1 heterocycles. The minimum absolute atomic E-state index is 0.00306. The molecule has 1 amide bonds. The zero-order valence-electron chi connectivity index (χ0n) is 10.8. The van der Waals surface area contributed by atoms with Crippen LogP contribution in [0.25, 0.3) is 0 Å². The number of nitrogens with one attached hydrogen (secondary N) is 1. The van der Waals surface area contributed by atoms with Crippen molar-refractivity contribution >= 4 is 11.9 Å². The Labute approximate surface area is 102 Å². The second kappa shape index (κ2) is 5.49. The average molecular weight is 242 g/mol. The largest absolute Gasteiger partial charge is 0.481 e. The zero-order chi connectivity index (χ0) is 13.1. The molecule has 0 bridgehead atoms. The third-order valence-corrected chi connectivity index (χ3v) is 3.49. The highest BCUT2D eigenvalue weighted by Crippen LogP contribution is 2.28. The minimum atomic E-state index is -0.863. The predicted octanol–water partition coefficient (Wildman–Crippen LogP) is 0.698. The molecule has 2 unspecified atom stereocenters. The van der Waals surface area contributed by atoms with Gasteiger partial charge in [-0.1, -0.05) is 0 Å². The summed E-state index contributed by atoms with van der Waals surface area (Å²) in [5, 5.41) is 12.0. The molecular weight excluding hydrogens is 220 g/mol. The lowest BCUT2D eigenvalue weighted by atomic mass is 9.87. The summed E-state index contributed by atoms with van der Waals surface area (Å²) in [6.07, 6.45) is 0.825. The van der Waals surface area contributed by atoms with Gasteiger partial charge < -0.3 is 15.3 Å². The van der Waals surface area contributed by atoms with E-state index in [4.69, 9.17) is 5.11 Å². The number of rotatable bonds is 5. The molecule has 1 aliphatic rings. The zero-order valence-corrected chi connectivity index (χ0v) is 10.8. The molecule has 1 saturated heterocycles. The average Bonchev–Trinajstić information content (AvgIpc) is 2.66. The van der Waals surface area contributed by atoms with Gasteiger partial charge in [0.25, 0.3) is 0 Å². The van der Waals surface area contributed by atoms with E-state index in [0.29, 0.717) is 13.1 Å². The SMILES string of the molecule is CCN(C(=O)C1(C)CCNC1)C(C)CC(=O)O. The molecule has 5 heteroatoms. The van der Waals surface area contributed by atoms with E-state index in [2.05, 4.69) is 5.32 Å². The third kappa shape index (κ3) is 3.19. The van der Waals surface area contributed by atoms with Crippen molar-refractivity contribution in [2.75, 3.05) is 19.6 Å². The number of nitrogens with zero attached hydrogens (tertiary/aromatic N) is 1. The molecule has 1 fully saturated rings. The molecule has 5 nitrogen and oxygen atoms in total. The Morgan fingerprint density at radius 3 is 2.59 bits per heavy atom. The molecule has 2 N–H and O–H groups in total. The van der Waals surface area contributed by atoms with Gasteiger partial charge in [0, 0.05) is 19.1 Å². The van der Waals surface area contributed by atoms with E-state index in [1.165, 1.54) is 0 Å². The van der Waals surface area contributed by atoms with Crippen LogP contribution in [-0.2, 0) is 9.59 Å². The van der Waals surface area contributed by atoms with Crippen molar-refractivity contribution in [3.63, 3.8) is 0 Å². The van der Waals surface area contributed by atoms with Crippen molar-refractivity contribution in [2.45, 2.75) is 39.7 Å². The van der Waals surface area contributed by atoms with E-state index in [9.17, 15) is 9.59 Å². The van der Waals surface area contributed by atoms with Crippen LogP contribution in [0.3, 0.4) is 0 Å². The predicted molar refractivity (Wildman–Crippen MR) is 64.7 cm³/mol. The number of carbonyl (C=O) groups excluding carboxylic acids is 1. The molecule has 1 aliphatic heterocycles. The highest BCUT2D eigenvalue weighted by molar-refractivity contribution is 5.83. The first-order chi connectivity index (χ1) is 7.90. The van der Waals surface area contributed by atoms with Crippen LogP contribution in [0.15, 0.2) is 0 Å². The van der Waals surface area contributed by atoms with Crippen LogP contribution in [-0.4, -0.2) is 47.6 Å². The van der Waals surface area contributed by atoms with Crippen molar-refractivity contribution in [3.8, 4) is 0 Å². The number of amides is 1. The summed E-state index contributed by atoms with van der Waals surface area (Å²) in [6, 6.07) is -0.248. The van der Waals surface area contributed by atoms with Crippen molar-refractivity contribution in [2.24, 2.45) is 5.41 Å². The standard InChI is InChI=1S/C12H22N2O3/c1-4-14(9(2)7-10(15)16)11(17)12(3)5-6-13-8-12/h9,13H,4-8H2,1-3H3,(H,15,16). The number of carboxylic acid groups (broad SMARTS) is 1. The van der Waals surface area contributed by atoms with Crippen molar-refractivity contribution in [3.05, 3.63) is 0 Å². The summed E-state index contributed by atoms with van der Waals surface area (Å²) in [5.41, 5.74) is -0.372. The lowest BCUT2D eigenvalue weighted by Crippen LogP contribution is -2.48. The quantitative estimate of drug-likeness (QED) is 0.744. The molecule has 0 saturated carbocycles. The minimum Gasteiger partial charge on any atom is -0.481 e. The van der Waals surface area contributed by atoms with Gasteiger partial charge in [-0.3, -0.25) is 9.59 Å². The Bertz CT molecular complexity index is 298. The molecule has 0 aliphatic carbocycles. The number of hydrogen-bond acceptors (Lipinski definition) is 3. The second-order valence-corrected chi connectivity index (χ2v) is 5.03. The fourth-order valence-corrected chi connectivity index (χ4v) is 2.36. The first kappa shape index (κ1) is 14.0. The van der Waals surface area contributed by atoms with Crippen LogP contribution >= 0.6 is 0 Å². The Kier molecular flexibility index (Phi) is 4.51. The van der Waals surface area contributed by atoms with Gasteiger partial charge in [0.1, 0.15) is 0 Å². The molecule has 2 atom stereocenters. The van der Waals surface area contributed by atoms with Gasteiger partial charge in [0.15, 0.2) is 0 Å². The monoisotopic (exact) mass is 242 g/mol. The van der Waals surface area contributed by atoms with Gasteiger partial charge in [-0.25, -0.2) is 0 Å². The van der Waals surface area contributed by atoms with Crippen LogP contribution in [0.5, 0.6) is 0 Å². The fraction of sp³-hybridized carbons (Fsp3) is 0.833. The number of aliphatic carboxylic acids is 1. The lowest BCUT2D eigenvalue weighted by molar-refractivity contribution is -0.145. The van der Waals surface area contributed by atoms with Gasteiger partial charge in [-0.2, -0.15) is 0 Å². The summed E-state index contributed by atoms with van der Waals surface area (Å²) >= 11 is 0. The maximum absolute atomic E-state index is 12.4. The van der Waals surface area contributed by atoms with Crippen molar-refractivity contribution in [1.29, 1.82) is 0 Å². The summed E-state index contributed by atoms with van der Waals surface area (Å²) in [5.74, 6) is -0.794. The maximum atomic E-state index is 12.4.